The number of amides is 1. The fourth-order valence-electron chi connectivity index (χ4n) is 3.46. The summed E-state index contributed by atoms with van der Waals surface area (Å²) in [5, 5.41) is 2.98. The average molecular weight is 350 g/mol. The van der Waals surface area contributed by atoms with Crippen molar-refractivity contribution in [3.05, 3.63) is 65.7 Å². The van der Waals surface area contributed by atoms with Crippen molar-refractivity contribution in [3.63, 3.8) is 0 Å². The summed E-state index contributed by atoms with van der Waals surface area (Å²) in [5.41, 5.74) is 2.85. The van der Waals surface area contributed by atoms with E-state index in [0.717, 1.165) is 43.6 Å². The maximum absolute atomic E-state index is 12.5. The van der Waals surface area contributed by atoms with Crippen LogP contribution in [0.15, 0.2) is 54.6 Å². The zero-order valence-electron chi connectivity index (χ0n) is 15.3. The van der Waals surface area contributed by atoms with Gasteiger partial charge in [0, 0.05) is 17.2 Å². The zero-order chi connectivity index (χ0) is 18.4. The molecular weight excluding hydrogens is 324 g/mol. The number of Topliss-reactive ketones (excluding diaryl/α,β-unsaturated/α-hetero) is 1. The first-order chi connectivity index (χ1) is 12.7. The Morgan fingerprint density at radius 2 is 1.77 bits per heavy atom. The molecule has 1 saturated heterocycles. The van der Waals surface area contributed by atoms with Crippen LogP contribution in [-0.2, 0) is 11.2 Å². The van der Waals surface area contributed by atoms with Crippen LogP contribution in [0.3, 0.4) is 0 Å². The molecule has 0 radical (unpaired) electrons. The van der Waals surface area contributed by atoms with Crippen LogP contribution in [0.2, 0.25) is 0 Å². The van der Waals surface area contributed by atoms with E-state index >= 15 is 0 Å². The van der Waals surface area contributed by atoms with Gasteiger partial charge < -0.3 is 5.32 Å². The van der Waals surface area contributed by atoms with Crippen LogP contribution in [-0.4, -0.2) is 36.2 Å². The number of likely N-dealkylation sites (tertiary alicyclic amines) is 1. The number of carbonyl (C=O) groups excluding carboxylic acids is 2. The quantitative estimate of drug-likeness (QED) is 0.807. The Hall–Kier alpha value is -2.46. The zero-order valence-corrected chi connectivity index (χ0v) is 15.3. The number of aryl methyl sites for hydroxylation is 1. The molecule has 1 aliphatic heterocycles. The number of benzene rings is 2. The second-order valence-electron chi connectivity index (χ2n) is 6.88. The maximum atomic E-state index is 12.5. The highest BCUT2D eigenvalue weighted by atomic mass is 16.2. The molecule has 4 heteroatoms. The third-order valence-electron chi connectivity index (χ3n) is 5.00. The molecule has 2 aromatic rings. The van der Waals surface area contributed by atoms with Gasteiger partial charge in [0.1, 0.15) is 0 Å². The average Bonchev–Trinajstić information content (AvgIpc) is 2.69. The van der Waals surface area contributed by atoms with Crippen LogP contribution < -0.4 is 5.32 Å². The lowest BCUT2D eigenvalue weighted by Crippen LogP contribution is -2.40. The SMILES string of the molecule is CCc1cccc(NC(=O)CN2CCC(C(=O)c3ccccc3)CC2)c1. The molecule has 4 nitrogen and oxygen atoms in total. The number of nitrogens with zero attached hydrogens (tertiary/aromatic N) is 1. The van der Waals surface area contributed by atoms with Crippen molar-refractivity contribution >= 4 is 17.4 Å². The molecule has 2 aromatic carbocycles. The molecule has 0 aliphatic carbocycles. The van der Waals surface area contributed by atoms with E-state index in [1.54, 1.807) is 0 Å². The lowest BCUT2D eigenvalue weighted by molar-refractivity contribution is -0.117. The first-order valence-electron chi connectivity index (χ1n) is 9.36. The van der Waals surface area contributed by atoms with Gasteiger partial charge in [-0.2, -0.15) is 0 Å². The maximum Gasteiger partial charge on any atom is 0.238 e. The van der Waals surface area contributed by atoms with Crippen molar-refractivity contribution in [1.29, 1.82) is 0 Å². The van der Waals surface area contributed by atoms with Crippen molar-refractivity contribution in [2.45, 2.75) is 26.2 Å². The van der Waals surface area contributed by atoms with E-state index in [-0.39, 0.29) is 17.6 Å². The van der Waals surface area contributed by atoms with Gasteiger partial charge in [0.25, 0.3) is 0 Å². The number of carbonyl (C=O) groups is 2. The molecule has 1 amide bonds. The van der Waals surface area contributed by atoms with Gasteiger partial charge in [0.15, 0.2) is 5.78 Å². The Morgan fingerprint density at radius 3 is 2.46 bits per heavy atom. The molecule has 0 atom stereocenters. The first kappa shape index (κ1) is 18.3. The normalized spacial score (nSPS) is 15.6. The summed E-state index contributed by atoms with van der Waals surface area (Å²) in [6.45, 7) is 4.04. The van der Waals surface area contributed by atoms with Gasteiger partial charge in [-0.25, -0.2) is 0 Å². The fourth-order valence-corrected chi connectivity index (χ4v) is 3.46. The number of nitrogens with one attached hydrogen (secondary N) is 1. The number of hydrogen-bond donors (Lipinski definition) is 1. The summed E-state index contributed by atoms with van der Waals surface area (Å²) in [6.07, 6.45) is 2.57. The van der Waals surface area contributed by atoms with Crippen molar-refractivity contribution in [2.24, 2.45) is 5.92 Å². The van der Waals surface area contributed by atoms with E-state index in [4.69, 9.17) is 0 Å². The fraction of sp³-hybridized carbons (Fsp3) is 0.364. The molecule has 0 bridgehead atoms. The number of hydrogen-bond acceptors (Lipinski definition) is 3. The van der Waals surface area contributed by atoms with Gasteiger partial charge in [-0.3, -0.25) is 14.5 Å². The van der Waals surface area contributed by atoms with Gasteiger partial charge in [-0.05, 0) is 50.0 Å². The summed E-state index contributed by atoms with van der Waals surface area (Å²) >= 11 is 0. The highest BCUT2D eigenvalue weighted by molar-refractivity contribution is 5.98. The third-order valence-corrected chi connectivity index (χ3v) is 5.00. The number of piperidine rings is 1. The van der Waals surface area contributed by atoms with Crippen molar-refractivity contribution in [3.8, 4) is 0 Å². The van der Waals surface area contributed by atoms with Crippen LogP contribution in [0.4, 0.5) is 5.69 Å². The molecule has 1 heterocycles. The second kappa shape index (κ2) is 8.77. The van der Waals surface area contributed by atoms with Crippen molar-refractivity contribution in [1.82, 2.24) is 4.90 Å². The molecule has 3 rings (SSSR count). The molecular formula is C22H26N2O2. The molecule has 0 spiro atoms. The first-order valence-corrected chi connectivity index (χ1v) is 9.36. The molecule has 1 N–H and O–H groups in total. The topological polar surface area (TPSA) is 49.4 Å². The molecule has 0 aromatic heterocycles. The smallest absolute Gasteiger partial charge is 0.238 e. The predicted molar refractivity (Wildman–Crippen MR) is 104 cm³/mol. The third kappa shape index (κ3) is 4.79. The minimum atomic E-state index is 0.00564. The van der Waals surface area contributed by atoms with E-state index in [9.17, 15) is 9.59 Å². The highest BCUT2D eigenvalue weighted by Crippen LogP contribution is 2.21. The molecule has 26 heavy (non-hydrogen) atoms. The van der Waals surface area contributed by atoms with Gasteiger partial charge in [-0.15, -0.1) is 0 Å². The van der Waals surface area contributed by atoms with Crippen LogP contribution in [0.1, 0.15) is 35.7 Å². The summed E-state index contributed by atoms with van der Waals surface area (Å²) in [7, 11) is 0. The van der Waals surface area contributed by atoms with E-state index in [0.29, 0.717) is 6.54 Å². The Kier molecular flexibility index (Phi) is 6.18. The standard InChI is InChI=1S/C22H26N2O2/c1-2-17-7-6-10-20(15-17)23-21(25)16-24-13-11-19(12-14-24)22(26)18-8-4-3-5-9-18/h3-10,15,19H,2,11-14,16H2,1H3,(H,23,25). The van der Waals surface area contributed by atoms with Gasteiger partial charge >= 0.3 is 0 Å². The lowest BCUT2D eigenvalue weighted by Gasteiger charge is -2.30. The number of anilines is 1. The molecule has 1 aliphatic rings. The van der Waals surface area contributed by atoms with Crippen molar-refractivity contribution < 1.29 is 9.59 Å². The van der Waals surface area contributed by atoms with Gasteiger partial charge in [0.2, 0.25) is 5.91 Å². The Labute approximate surface area is 155 Å². The van der Waals surface area contributed by atoms with Crippen LogP contribution >= 0.6 is 0 Å². The number of ketones is 1. The largest absolute Gasteiger partial charge is 0.325 e. The minimum Gasteiger partial charge on any atom is -0.325 e. The summed E-state index contributed by atoms with van der Waals surface area (Å²) in [4.78, 5) is 27.0. The van der Waals surface area contributed by atoms with E-state index in [1.807, 2.05) is 48.5 Å². The Balaban J connectivity index is 1.47. The predicted octanol–water partition coefficient (Wildman–Crippen LogP) is 3.78. The Morgan fingerprint density at radius 1 is 1.04 bits per heavy atom. The second-order valence-corrected chi connectivity index (χ2v) is 6.88. The summed E-state index contributed by atoms with van der Waals surface area (Å²) in [5.74, 6) is 0.301. The number of rotatable bonds is 6. The minimum absolute atomic E-state index is 0.00564. The van der Waals surface area contributed by atoms with Crippen LogP contribution in [0.25, 0.3) is 0 Å². The van der Waals surface area contributed by atoms with Crippen molar-refractivity contribution in [2.75, 3.05) is 25.0 Å². The van der Waals surface area contributed by atoms with Crippen LogP contribution in [0.5, 0.6) is 0 Å². The summed E-state index contributed by atoms with van der Waals surface area (Å²) in [6, 6.07) is 17.5. The van der Waals surface area contributed by atoms with Crippen LogP contribution in [0, 0.1) is 5.92 Å². The van der Waals surface area contributed by atoms with E-state index in [1.165, 1.54) is 5.56 Å². The highest BCUT2D eigenvalue weighted by Gasteiger charge is 2.26. The molecule has 0 unspecified atom stereocenters. The molecule has 0 saturated carbocycles. The van der Waals surface area contributed by atoms with Gasteiger partial charge in [-0.1, -0.05) is 49.4 Å². The van der Waals surface area contributed by atoms with E-state index < -0.39 is 0 Å². The Bertz CT molecular complexity index is 750. The summed E-state index contributed by atoms with van der Waals surface area (Å²) < 4.78 is 0. The lowest BCUT2D eigenvalue weighted by atomic mass is 9.89. The monoisotopic (exact) mass is 350 g/mol. The van der Waals surface area contributed by atoms with E-state index in [2.05, 4.69) is 23.2 Å². The van der Waals surface area contributed by atoms with Gasteiger partial charge in [0.05, 0.1) is 6.54 Å². The molecule has 136 valence electrons. The molecule has 1 fully saturated rings.